The summed E-state index contributed by atoms with van der Waals surface area (Å²) in [5, 5.41) is 8.92. The zero-order valence-corrected chi connectivity index (χ0v) is 11.3. The Bertz CT molecular complexity index is 404. The molecule has 0 aromatic heterocycles. The van der Waals surface area contributed by atoms with Crippen molar-refractivity contribution in [2.24, 2.45) is 5.92 Å². The van der Waals surface area contributed by atoms with Gasteiger partial charge in [0.1, 0.15) is 0 Å². The highest BCUT2D eigenvalue weighted by Gasteiger charge is 2.09. The van der Waals surface area contributed by atoms with Crippen LogP contribution in [0.15, 0.2) is 18.2 Å². The topological polar surface area (TPSA) is 27.0 Å². The lowest BCUT2D eigenvalue weighted by atomic mass is 10.1. The number of nitriles is 1. The van der Waals surface area contributed by atoms with E-state index in [2.05, 4.69) is 43.9 Å². The summed E-state index contributed by atoms with van der Waals surface area (Å²) in [6.45, 7) is 10.8. The maximum atomic E-state index is 8.92. The Hall–Kier alpha value is -1.49. The zero-order valence-electron chi connectivity index (χ0n) is 11.3. The Labute approximate surface area is 105 Å². The average molecular weight is 230 g/mol. The van der Waals surface area contributed by atoms with Gasteiger partial charge in [-0.2, -0.15) is 5.26 Å². The van der Waals surface area contributed by atoms with Crippen molar-refractivity contribution in [3.05, 3.63) is 29.3 Å². The average Bonchev–Trinajstić information content (AvgIpc) is 2.35. The van der Waals surface area contributed by atoms with E-state index in [1.807, 2.05) is 13.0 Å². The van der Waals surface area contributed by atoms with Crippen molar-refractivity contribution in [1.29, 1.82) is 5.26 Å². The number of hydrogen-bond acceptors (Lipinski definition) is 2. The molecule has 0 radical (unpaired) electrons. The number of rotatable bonds is 5. The summed E-state index contributed by atoms with van der Waals surface area (Å²) in [5.74, 6) is 0.700. The quantitative estimate of drug-likeness (QED) is 0.770. The predicted molar refractivity (Wildman–Crippen MR) is 73.2 cm³/mol. The first kappa shape index (κ1) is 13.6. The lowest BCUT2D eigenvalue weighted by molar-refractivity contribution is 0.548. The second-order valence-corrected chi connectivity index (χ2v) is 4.66. The van der Waals surface area contributed by atoms with Crippen LogP contribution < -0.4 is 4.90 Å². The Kier molecular flexibility index (Phi) is 5.03. The molecule has 0 saturated carbocycles. The third-order valence-electron chi connectivity index (χ3n) is 3.31. The lowest BCUT2D eigenvalue weighted by Crippen LogP contribution is -2.28. The van der Waals surface area contributed by atoms with Crippen molar-refractivity contribution in [3.63, 3.8) is 0 Å². The van der Waals surface area contributed by atoms with Gasteiger partial charge in [-0.3, -0.25) is 0 Å². The molecule has 0 fully saturated rings. The Morgan fingerprint density at radius 2 is 2.06 bits per heavy atom. The molecule has 0 aliphatic carbocycles. The summed E-state index contributed by atoms with van der Waals surface area (Å²) in [7, 11) is 0. The normalized spacial score (nSPS) is 11.9. The molecular formula is C15H22N2. The van der Waals surface area contributed by atoms with Gasteiger partial charge in [0.15, 0.2) is 0 Å². The monoisotopic (exact) mass is 230 g/mol. The summed E-state index contributed by atoms with van der Waals surface area (Å²) in [6, 6.07) is 8.30. The molecule has 2 nitrogen and oxygen atoms in total. The van der Waals surface area contributed by atoms with Crippen molar-refractivity contribution in [2.45, 2.75) is 34.1 Å². The van der Waals surface area contributed by atoms with Crippen LogP contribution in [-0.2, 0) is 0 Å². The van der Waals surface area contributed by atoms with E-state index in [-0.39, 0.29) is 0 Å². The lowest BCUT2D eigenvalue weighted by Gasteiger charge is -2.26. The molecular weight excluding hydrogens is 208 g/mol. The molecule has 0 saturated heterocycles. The molecule has 0 heterocycles. The van der Waals surface area contributed by atoms with Gasteiger partial charge in [-0.25, -0.2) is 0 Å². The van der Waals surface area contributed by atoms with Crippen molar-refractivity contribution >= 4 is 5.69 Å². The van der Waals surface area contributed by atoms with E-state index in [9.17, 15) is 0 Å². The third kappa shape index (κ3) is 3.49. The summed E-state index contributed by atoms with van der Waals surface area (Å²) >= 11 is 0. The molecule has 0 aliphatic heterocycles. The van der Waals surface area contributed by atoms with Crippen molar-refractivity contribution in [2.75, 3.05) is 18.0 Å². The van der Waals surface area contributed by atoms with E-state index in [0.717, 1.165) is 24.2 Å². The Balaban J connectivity index is 2.90. The second kappa shape index (κ2) is 6.30. The number of benzene rings is 1. The molecule has 0 N–H and O–H groups in total. The molecule has 2 heteroatoms. The third-order valence-corrected chi connectivity index (χ3v) is 3.31. The van der Waals surface area contributed by atoms with Crippen LogP contribution in [0.2, 0.25) is 0 Å². The van der Waals surface area contributed by atoms with Crippen LogP contribution in [0, 0.1) is 24.2 Å². The number of nitrogens with zero attached hydrogens (tertiary/aromatic N) is 2. The van der Waals surface area contributed by atoms with Gasteiger partial charge in [-0.05, 0) is 43.5 Å². The summed E-state index contributed by atoms with van der Waals surface area (Å²) in [4.78, 5) is 2.38. The first-order valence-corrected chi connectivity index (χ1v) is 6.38. The maximum absolute atomic E-state index is 8.92. The molecule has 1 rings (SSSR count). The maximum Gasteiger partial charge on any atom is 0.0994 e. The van der Waals surface area contributed by atoms with Crippen LogP contribution in [0.4, 0.5) is 5.69 Å². The minimum atomic E-state index is 0.700. The highest BCUT2D eigenvalue weighted by atomic mass is 15.1. The molecule has 92 valence electrons. The molecule has 0 spiro atoms. The van der Waals surface area contributed by atoms with Gasteiger partial charge in [0.2, 0.25) is 0 Å². The first-order valence-electron chi connectivity index (χ1n) is 6.38. The minimum absolute atomic E-state index is 0.700. The summed E-state index contributed by atoms with van der Waals surface area (Å²) in [5.41, 5.74) is 3.06. The number of hydrogen-bond donors (Lipinski definition) is 0. The largest absolute Gasteiger partial charge is 0.372 e. The fourth-order valence-corrected chi connectivity index (χ4v) is 1.89. The van der Waals surface area contributed by atoms with E-state index in [1.165, 1.54) is 12.1 Å². The van der Waals surface area contributed by atoms with Crippen molar-refractivity contribution in [1.82, 2.24) is 0 Å². The standard InChI is InChI=1S/C15H22N2/c1-5-12(3)11-17(6-2)15-8-7-14(10-16)13(4)9-15/h7-9,12H,5-6,11H2,1-4H3. The van der Waals surface area contributed by atoms with Crippen molar-refractivity contribution < 1.29 is 0 Å². The van der Waals surface area contributed by atoms with Crippen LogP contribution in [0.5, 0.6) is 0 Å². The highest BCUT2D eigenvalue weighted by molar-refractivity contribution is 5.53. The molecule has 17 heavy (non-hydrogen) atoms. The second-order valence-electron chi connectivity index (χ2n) is 4.66. The van der Waals surface area contributed by atoms with E-state index in [0.29, 0.717) is 5.92 Å². The first-order chi connectivity index (χ1) is 8.12. The Morgan fingerprint density at radius 1 is 1.35 bits per heavy atom. The molecule has 1 atom stereocenters. The van der Waals surface area contributed by atoms with E-state index in [4.69, 9.17) is 5.26 Å². The van der Waals surface area contributed by atoms with Crippen molar-refractivity contribution in [3.8, 4) is 6.07 Å². The SMILES string of the molecule is CCC(C)CN(CC)c1ccc(C#N)c(C)c1. The molecule has 1 aromatic rings. The number of aryl methyl sites for hydroxylation is 1. The summed E-state index contributed by atoms with van der Waals surface area (Å²) in [6.07, 6.45) is 1.20. The molecule has 0 aliphatic rings. The molecule has 0 bridgehead atoms. The van der Waals surface area contributed by atoms with Gasteiger partial charge >= 0.3 is 0 Å². The minimum Gasteiger partial charge on any atom is -0.372 e. The van der Waals surface area contributed by atoms with Crippen LogP contribution >= 0.6 is 0 Å². The van der Waals surface area contributed by atoms with E-state index >= 15 is 0 Å². The molecule has 0 amide bonds. The fraction of sp³-hybridized carbons (Fsp3) is 0.533. The van der Waals surface area contributed by atoms with Crippen LogP contribution in [0.3, 0.4) is 0 Å². The van der Waals surface area contributed by atoms with E-state index < -0.39 is 0 Å². The summed E-state index contributed by atoms with van der Waals surface area (Å²) < 4.78 is 0. The smallest absolute Gasteiger partial charge is 0.0994 e. The van der Waals surface area contributed by atoms with Gasteiger partial charge < -0.3 is 4.90 Å². The van der Waals surface area contributed by atoms with Crippen LogP contribution in [-0.4, -0.2) is 13.1 Å². The van der Waals surface area contributed by atoms with Gasteiger partial charge in [-0.15, -0.1) is 0 Å². The van der Waals surface area contributed by atoms with Gasteiger partial charge in [-0.1, -0.05) is 20.3 Å². The molecule has 1 aromatic carbocycles. The Morgan fingerprint density at radius 3 is 2.53 bits per heavy atom. The fourth-order valence-electron chi connectivity index (χ4n) is 1.89. The predicted octanol–water partition coefficient (Wildman–Crippen LogP) is 3.74. The zero-order chi connectivity index (χ0) is 12.8. The highest BCUT2D eigenvalue weighted by Crippen LogP contribution is 2.20. The van der Waals surface area contributed by atoms with Gasteiger partial charge in [0.05, 0.1) is 11.6 Å². The number of anilines is 1. The van der Waals surface area contributed by atoms with Gasteiger partial charge in [0.25, 0.3) is 0 Å². The molecule has 1 unspecified atom stereocenters. The van der Waals surface area contributed by atoms with Crippen LogP contribution in [0.1, 0.15) is 38.3 Å². The van der Waals surface area contributed by atoms with E-state index in [1.54, 1.807) is 0 Å². The van der Waals surface area contributed by atoms with Crippen LogP contribution in [0.25, 0.3) is 0 Å². The van der Waals surface area contributed by atoms with Gasteiger partial charge in [0, 0.05) is 18.8 Å².